The highest BCUT2D eigenvalue weighted by Crippen LogP contribution is 2.30. The summed E-state index contributed by atoms with van der Waals surface area (Å²) in [6.07, 6.45) is 7.51. The molecule has 1 aromatic carbocycles. The van der Waals surface area contributed by atoms with E-state index in [1.54, 1.807) is 14.2 Å². The highest BCUT2D eigenvalue weighted by Gasteiger charge is 2.20. The Bertz CT molecular complexity index is 698. The van der Waals surface area contributed by atoms with Gasteiger partial charge in [-0.3, -0.25) is 0 Å². The van der Waals surface area contributed by atoms with E-state index in [2.05, 4.69) is 28.5 Å². The molecule has 0 aromatic heterocycles. The Morgan fingerprint density at radius 1 is 1.09 bits per heavy atom. The fraction of sp³-hybridized carbons (Fsp3) is 0.720. The number of piperidine rings is 1. The molecule has 2 fully saturated rings. The molecular weight excluding hydrogens is 404 g/mol. The van der Waals surface area contributed by atoms with E-state index in [0.717, 1.165) is 75.2 Å². The van der Waals surface area contributed by atoms with Crippen LogP contribution in [0.1, 0.15) is 51.0 Å². The van der Waals surface area contributed by atoms with E-state index >= 15 is 0 Å². The number of hydrogen-bond donors (Lipinski definition) is 2. The summed E-state index contributed by atoms with van der Waals surface area (Å²) in [6, 6.07) is 6.07. The summed E-state index contributed by atoms with van der Waals surface area (Å²) in [5.74, 6) is 3.28. The van der Waals surface area contributed by atoms with Crippen LogP contribution in [0.5, 0.6) is 11.5 Å². The summed E-state index contributed by atoms with van der Waals surface area (Å²) >= 11 is 0. The van der Waals surface area contributed by atoms with Crippen LogP contribution in [0.3, 0.4) is 0 Å². The lowest BCUT2D eigenvalue weighted by Crippen LogP contribution is -2.43. The Morgan fingerprint density at radius 3 is 2.56 bits per heavy atom. The monoisotopic (exact) mass is 446 g/mol. The zero-order valence-electron chi connectivity index (χ0n) is 20.2. The van der Waals surface area contributed by atoms with Gasteiger partial charge in [-0.05, 0) is 76.6 Å². The van der Waals surface area contributed by atoms with Gasteiger partial charge in [-0.25, -0.2) is 4.99 Å². The topological polar surface area (TPSA) is 67.4 Å². The van der Waals surface area contributed by atoms with Gasteiger partial charge in [0.2, 0.25) is 0 Å². The molecule has 32 heavy (non-hydrogen) atoms. The Hall–Kier alpha value is -1.99. The molecule has 3 rings (SSSR count). The van der Waals surface area contributed by atoms with E-state index in [9.17, 15) is 0 Å². The normalized spacial score (nSPS) is 18.7. The third-order valence-electron chi connectivity index (χ3n) is 6.50. The second-order valence-electron chi connectivity index (χ2n) is 8.85. The van der Waals surface area contributed by atoms with Gasteiger partial charge in [0.1, 0.15) is 11.5 Å². The highest BCUT2D eigenvalue weighted by molar-refractivity contribution is 5.79. The minimum absolute atomic E-state index is 0.311. The number of nitrogens with one attached hydrogen (secondary N) is 2. The van der Waals surface area contributed by atoms with Crippen LogP contribution in [0.4, 0.5) is 0 Å². The van der Waals surface area contributed by atoms with Crippen LogP contribution in [0, 0.1) is 5.92 Å². The number of benzene rings is 1. The third kappa shape index (κ3) is 7.85. The highest BCUT2D eigenvalue weighted by atomic mass is 16.5. The summed E-state index contributed by atoms with van der Waals surface area (Å²) < 4.78 is 17.0. The van der Waals surface area contributed by atoms with Crippen LogP contribution in [0.2, 0.25) is 0 Å². The average molecular weight is 447 g/mol. The maximum Gasteiger partial charge on any atom is 0.191 e. The van der Waals surface area contributed by atoms with Gasteiger partial charge in [-0.15, -0.1) is 0 Å². The van der Waals surface area contributed by atoms with Crippen molar-refractivity contribution in [3.8, 4) is 11.5 Å². The summed E-state index contributed by atoms with van der Waals surface area (Å²) in [7, 11) is 3.47. The fourth-order valence-electron chi connectivity index (χ4n) is 4.47. The largest absolute Gasteiger partial charge is 0.497 e. The maximum absolute atomic E-state index is 6.33. The van der Waals surface area contributed by atoms with E-state index < -0.39 is 0 Å². The van der Waals surface area contributed by atoms with Gasteiger partial charge >= 0.3 is 0 Å². The minimum atomic E-state index is 0.311. The molecule has 1 aliphatic heterocycles. The SMILES string of the molecule is CCNC(=NCc1ccc(OC)cc1OC1CCCC1)NCC1CCN(CCOC)CC1. The number of aliphatic imine (C=N–C) groups is 1. The first kappa shape index (κ1) is 24.6. The Kier molecular flexibility index (Phi) is 10.4. The van der Waals surface area contributed by atoms with Gasteiger partial charge < -0.3 is 29.7 Å². The molecule has 2 N–H and O–H groups in total. The molecule has 0 bridgehead atoms. The van der Waals surface area contributed by atoms with Crippen LogP contribution in [0.15, 0.2) is 23.2 Å². The number of rotatable bonds is 11. The molecular formula is C25H42N4O3. The standard InChI is InChI=1S/C25H42N4O3/c1-4-26-25(27-18-20-11-13-29(14-12-20)15-16-30-2)28-19-21-9-10-23(31-3)17-24(21)32-22-7-5-6-8-22/h9-10,17,20,22H,4-8,11-16,18-19H2,1-3H3,(H2,26,27,28). The lowest BCUT2D eigenvalue weighted by molar-refractivity contribution is 0.121. The zero-order chi connectivity index (χ0) is 22.6. The lowest BCUT2D eigenvalue weighted by Gasteiger charge is -2.32. The summed E-state index contributed by atoms with van der Waals surface area (Å²) in [4.78, 5) is 7.36. The maximum atomic E-state index is 6.33. The molecule has 0 amide bonds. The van der Waals surface area contributed by atoms with Crippen molar-refractivity contribution in [3.63, 3.8) is 0 Å². The predicted octanol–water partition coefficient (Wildman–Crippen LogP) is 3.43. The van der Waals surface area contributed by atoms with Crippen LogP contribution in [0.25, 0.3) is 0 Å². The lowest BCUT2D eigenvalue weighted by atomic mass is 9.97. The summed E-state index contributed by atoms with van der Waals surface area (Å²) in [6.45, 7) is 8.64. The molecule has 7 heteroatoms. The molecule has 0 spiro atoms. The first-order valence-corrected chi connectivity index (χ1v) is 12.3. The van der Waals surface area contributed by atoms with Crippen molar-refractivity contribution in [3.05, 3.63) is 23.8 Å². The van der Waals surface area contributed by atoms with Crippen LogP contribution in [-0.2, 0) is 11.3 Å². The fourth-order valence-corrected chi connectivity index (χ4v) is 4.47. The predicted molar refractivity (Wildman–Crippen MR) is 130 cm³/mol. The van der Waals surface area contributed by atoms with Crippen LogP contribution in [-0.4, -0.2) is 70.5 Å². The Labute approximate surface area is 193 Å². The molecule has 1 saturated carbocycles. The molecule has 1 aromatic rings. The van der Waals surface area contributed by atoms with Crippen LogP contribution >= 0.6 is 0 Å². The minimum Gasteiger partial charge on any atom is -0.497 e. The smallest absolute Gasteiger partial charge is 0.191 e. The van der Waals surface area contributed by atoms with E-state index in [0.29, 0.717) is 18.6 Å². The van der Waals surface area contributed by atoms with Gasteiger partial charge in [0.25, 0.3) is 0 Å². The van der Waals surface area contributed by atoms with Crippen molar-refractivity contribution >= 4 is 5.96 Å². The molecule has 1 aliphatic carbocycles. The van der Waals surface area contributed by atoms with Crippen LogP contribution < -0.4 is 20.1 Å². The molecule has 180 valence electrons. The number of guanidine groups is 1. The number of nitrogens with zero attached hydrogens (tertiary/aromatic N) is 2. The molecule has 0 unspecified atom stereocenters. The summed E-state index contributed by atoms with van der Waals surface area (Å²) in [5.41, 5.74) is 1.10. The molecule has 0 radical (unpaired) electrons. The first-order valence-electron chi connectivity index (χ1n) is 12.3. The van der Waals surface area contributed by atoms with Gasteiger partial charge in [0, 0.05) is 38.4 Å². The summed E-state index contributed by atoms with van der Waals surface area (Å²) in [5, 5.41) is 6.95. The van der Waals surface area contributed by atoms with Crippen molar-refractivity contribution in [1.29, 1.82) is 0 Å². The number of hydrogen-bond acceptors (Lipinski definition) is 5. The van der Waals surface area contributed by atoms with Crippen molar-refractivity contribution in [2.24, 2.45) is 10.9 Å². The zero-order valence-corrected chi connectivity index (χ0v) is 20.2. The van der Waals surface area contributed by atoms with Crippen molar-refractivity contribution < 1.29 is 14.2 Å². The van der Waals surface area contributed by atoms with E-state index in [1.807, 2.05) is 12.1 Å². The molecule has 7 nitrogen and oxygen atoms in total. The molecule has 1 saturated heterocycles. The van der Waals surface area contributed by atoms with Gasteiger partial charge in [-0.1, -0.05) is 0 Å². The van der Waals surface area contributed by atoms with Crippen molar-refractivity contribution in [2.75, 3.05) is 53.6 Å². The second-order valence-corrected chi connectivity index (χ2v) is 8.85. The Balaban J connectivity index is 1.55. The molecule has 1 heterocycles. The first-order chi connectivity index (χ1) is 15.7. The molecule has 0 atom stereocenters. The molecule has 2 aliphatic rings. The van der Waals surface area contributed by atoms with Gasteiger partial charge in [0.05, 0.1) is 26.4 Å². The Morgan fingerprint density at radius 2 is 1.88 bits per heavy atom. The van der Waals surface area contributed by atoms with E-state index in [4.69, 9.17) is 19.2 Å². The van der Waals surface area contributed by atoms with Gasteiger partial charge in [-0.2, -0.15) is 0 Å². The second kappa shape index (κ2) is 13.5. The number of methoxy groups -OCH3 is 2. The number of likely N-dealkylation sites (tertiary alicyclic amines) is 1. The number of ether oxygens (including phenoxy) is 3. The van der Waals surface area contributed by atoms with Gasteiger partial charge in [0.15, 0.2) is 5.96 Å². The van der Waals surface area contributed by atoms with Crippen molar-refractivity contribution in [2.45, 2.75) is 58.1 Å². The quantitative estimate of drug-likeness (QED) is 0.401. The average Bonchev–Trinajstić information content (AvgIpc) is 3.34. The van der Waals surface area contributed by atoms with E-state index in [1.165, 1.54) is 25.7 Å². The third-order valence-corrected chi connectivity index (χ3v) is 6.50. The van der Waals surface area contributed by atoms with Crippen molar-refractivity contribution in [1.82, 2.24) is 15.5 Å². The van der Waals surface area contributed by atoms with E-state index in [-0.39, 0.29) is 0 Å².